The van der Waals surface area contributed by atoms with Crippen LogP contribution < -0.4 is 5.32 Å². The Balaban J connectivity index is 2.21. The van der Waals surface area contributed by atoms with Crippen molar-refractivity contribution in [3.63, 3.8) is 0 Å². The summed E-state index contributed by atoms with van der Waals surface area (Å²) in [4.78, 5) is 22.1. The molecule has 0 spiro atoms. The van der Waals surface area contributed by atoms with Crippen LogP contribution in [-0.2, 0) is 14.3 Å². The van der Waals surface area contributed by atoms with Crippen LogP contribution in [0.3, 0.4) is 0 Å². The maximum Gasteiger partial charge on any atom is 0.317 e. The van der Waals surface area contributed by atoms with E-state index in [4.69, 9.17) is 4.74 Å². The zero-order valence-electron chi connectivity index (χ0n) is 6.00. The van der Waals surface area contributed by atoms with E-state index in [1.165, 1.54) is 0 Å². The summed E-state index contributed by atoms with van der Waals surface area (Å²) in [6.07, 6.45) is 0. The van der Waals surface area contributed by atoms with Crippen LogP contribution in [0.15, 0.2) is 0 Å². The average molecular weight is 155 g/mol. The van der Waals surface area contributed by atoms with E-state index in [-0.39, 0.29) is 17.7 Å². The number of ether oxygens (including phenoxy) is 1. The maximum absolute atomic E-state index is 11.1. The van der Waals surface area contributed by atoms with Crippen LogP contribution in [0.5, 0.6) is 0 Å². The summed E-state index contributed by atoms with van der Waals surface area (Å²) in [5.41, 5.74) is 0. The lowest BCUT2D eigenvalue weighted by Crippen LogP contribution is -2.44. The Morgan fingerprint density at radius 1 is 1.45 bits per heavy atom. The number of hydrogen-bond acceptors (Lipinski definition) is 4. The van der Waals surface area contributed by atoms with Crippen molar-refractivity contribution in [1.29, 1.82) is 0 Å². The van der Waals surface area contributed by atoms with E-state index in [0.29, 0.717) is 13.2 Å². The summed E-state index contributed by atoms with van der Waals surface area (Å²) < 4.78 is 4.77. The standard InChI is InChI=1S/C7H9NO3/c9-5-2-8-1-4-3-11-7(10)6(4)5/h4,6,8H,1-3H2. The van der Waals surface area contributed by atoms with Crippen LogP contribution in [0.1, 0.15) is 0 Å². The van der Waals surface area contributed by atoms with Gasteiger partial charge in [0.25, 0.3) is 0 Å². The quantitative estimate of drug-likeness (QED) is 0.358. The minimum atomic E-state index is -0.462. The third-order valence-electron chi connectivity index (χ3n) is 2.22. The van der Waals surface area contributed by atoms with Crippen molar-refractivity contribution in [3.05, 3.63) is 0 Å². The van der Waals surface area contributed by atoms with Gasteiger partial charge in [0.15, 0.2) is 5.78 Å². The van der Waals surface area contributed by atoms with Gasteiger partial charge in [-0.05, 0) is 0 Å². The molecule has 4 nitrogen and oxygen atoms in total. The molecular formula is C7H9NO3. The Labute approximate surface area is 63.9 Å². The van der Waals surface area contributed by atoms with Crippen LogP contribution in [0, 0.1) is 11.8 Å². The number of esters is 1. The maximum atomic E-state index is 11.1. The average Bonchev–Trinajstić information content (AvgIpc) is 2.34. The summed E-state index contributed by atoms with van der Waals surface area (Å²) in [5.74, 6) is -0.731. The SMILES string of the molecule is O=C1CNCC2COC(=O)C12. The monoisotopic (exact) mass is 155 g/mol. The molecule has 2 heterocycles. The van der Waals surface area contributed by atoms with E-state index in [0.717, 1.165) is 6.54 Å². The Kier molecular flexibility index (Phi) is 1.42. The predicted octanol–water partition coefficient (Wildman–Crippen LogP) is -1.05. The fraction of sp³-hybridized carbons (Fsp3) is 0.714. The lowest BCUT2D eigenvalue weighted by molar-refractivity contribution is -0.144. The smallest absolute Gasteiger partial charge is 0.317 e. The summed E-state index contributed by atoms with van der Waals surface area (Å²) in [5, 5.41) is 2.94. The van der Waals surface area contributed by atoms with Crippen LogP contribution in [0.25, 0.3) is 0 Å². The molecule has 4 heteroatoms. The van der Waals surface area contributed by atoms with Crippen molar-refractivity contribution in [1.82, 2.24) is 5.32 Å². The number of hydrogen-bond donors (Lipinski definition) is 1. The van der Waals surface area contributed by atoms with Crippen molar-refractivity contribution < 1.29 is 14.3 Å². The number of fused-ring (bicyclic) bond motifs is 1. The number of rotatable bonds is 0. The molecule has 2 rings (SSSR count). The first-order valence-electron chi connectivity index (χ1n) is 3.69. The molecule has 60 valence electrons. The van der Waals surface area contributed by atoms with Gasteiger partial charge in [0, 0.05) is 12.5 Å². The van der Waals surface area contributed by atoms with Crippen LogP contribution >= 0.6 is 0 Å². The van der Waals surface area contributed by atoms with Gasteiger partial charge in [0.2, 0.25) is 0 Å². The van der Waals surface area contributed by atoms with Crippen LogP contribution in [0.2, 0.25) is 0 Å². The largest absolute Gasteiger partial charge is 0.465 e. The van der Waals surface area contributed by atoms with E-state index < -0.39 is 5.92 Å². The Bertz CT molecular complexity index is 214. The summed E-state index contributed by atoms with van der Waals surface area (Å²) in [7, 11) is 0. The van der Waals surface area contributed by atoms with Crippen molar-refractivity contribution in [2.24, 2.45) is 11.8 Å². The van der Waals surface area contributed by atoms with Gasteiger partial charge in [0.1, 0.15) is 5.92 Å². The molecule has 2 unspecified atom stereocenters. The summed E-state index contributed by atoms with van der Waals surface area (Å²) >= 11 is 0. The van der Waals surface area contributed by atoms with Crippen molar-refractivity contribution in [2.75, 3.05) is 19.7 Å². The highest BCUT2D eigenvalue weighted by Crippen LogP contribution is 2.24. The third kappa shape index (κ3) is 0.939. The van der Waals surface area contributed by atoms with Crippen LogP contribution in [0.4, 0.5) is 0 Å². The van der Waals surface area contributed by atoms with Gasteiger partial charge < -0.3 is 10.1 Å². The number of carbonyl (C=O) groups is 2. The van der Waals surface area contributed by atoms with Crippen LogP contribution in [-0.4, -0.2) is 31.4 Å². The molecule has 0 saturated carbocycles. The first kappa shape index (κ1) is 6.79. The lowest BCUT2D eigenvalue weighted by Gasteiger charge is -2.20. The Morgan fingerprint density at radius 3 is 3.00 bits per heavy atom. The fourth-order valence-electron chi connectivity index (χ4n) is 1.63. The Hall–Kier alpha value is -0.900. The molecule has 11 heavy (non-hydrogen) atoms. The van der Waals surface area contributed by atoms with Gasteiger partial charge in [-0.2, -0.15) is 0 Å². The van der Waals surface area contributed by atoms with E-state index in [1.807, 2.05) is 0 Å². The molecule has 2 aliphatic rings. The normalized spacial score (nSPS) is 36.7. The van der Waals surface area contributed by atoms with Crippen molar-refractivity contribution >= 4 is 11.8 Å². The second-order valence-electron chi connectivity index (χ2n) is 2.97. The minimum Gasteiger partial charge on any atom is -0.465 e. The number of ketones is 1. The molecule has 2 atom stereocenters. The first-order valence-corrected chi connectivity index (χ1v) is 3.69. The number of nitrogens with one attached hydrogen (secondary N) is 1. The summed E-state index contributed by atoms with van der Waals surface area (Å²) in [6.45, 7) is 1.45. The summed E-state index contributed by atoms with van der Waals surface area (Å²) in [6, 6.07) is 0. The van der Waals surface area contributed by atoms with Gasteiger partial charge >= 0.3 is 5.97 Å². The third-order valence-corrected chi connectivity index (χ3v) is 2.22. The minimum absolute atomic E-state index is 0.0243. The van der Waals surface area contributed by atoms with Gasteiger partial charge in [-0.25, -0.2) is 0 Å². The molecule has 0 aliphatic carbocycles. The molecular weight excluding hydrogens is 146 g/mol. The number of piperidine rings is 1. The first-order chi connectivity index (χ1) is 5.29. The number of carbonyl (C=O) groups excluding carboxylic acids is 2. The Morgan fingerprint density at radius 2 is 2.27 bits per heavy atom. The van der Waals surface area contributed by atoms with Gasteiger partial charge in [-0.1, -0.05) is 0 Å². The number of Topliss-reactive ketones (excluding diaryl/α,β-unsaturated/α-hetero) is 1. The topological polar surface area (TPSA) is 55.4 Å². The zero-order chi connectivity index (χ0) is 7.84. The molecule has 0 aromatic rings. The highest BCUT2D eigenvalue weighted by Gasteiger charge is 2.43. The molecule has 0 radical (unpaired) electrons. The van der Waals surface area contributed by atoms with Gasteiger partial charge in [0.05, 0.1) is 13.2 Å². The predicted molar refractivity (Wildman–Crippen MR) is 35.8 cm³/mol. The van der Waals surface area contributed by atoms with Crippen molar-refractivity contribution in [3.8, 4) is 0 Å². The second kappa shape index (κ2) is 2.30. The van der Waals surface area contributed by atoms with Gasteiger partial charge in [-0.3, -0.25) is 9.59 Å². The number of cyclic esters (lactones) is 1. The van der Waals surface area contributed by atoms with E-state index in [1.54, 1.807) is 0 Å². The van der Waals surface area contributed by atoms with Gasteiger partial charge in [-0.15, -0.1) is 0 Å². The highest BCUT2D eigenvalue weighted by molar-refractivity contribution is 6.01. The molecule has 0 amide bonds. The molecule has 1 N–H and O–H groups in total. The second-order valence-corrected chi connectivity index (χ2v) is 2.97. The molecule has 2 aliphatic heterocycles. The molecule has 0 bridgehead atoms. The molecule has 0 aromatic carbocycles. The van der Waals surface area contributed by atoms with E-state index >= 15 is 0 Å². The molecule has 0 aromatic heterocycles. The van der Waals surface area contributed by atoms with Crippen molar-refractivity contribution in [2.45, 2.75) is 0 Å². The van der Waals surface area contributed by atoms with E-state index in [9.17, 15) is 9.59 Å². The highest BCUT2D eigenvalue weighted by atomic mass is 16.5. The lowest BCUT2D eigenvalue weighted by atomic mass is 9.88. The molecule has 2 fully saturated rings. The molecule has 2 saturated heterocycles. The fourth-order valence-corrected chi connectivity index (χ4v) is 1.63. The van der Waals surface area contributed by atoms with E-state index in [2.05, 4.69) is 5.32 Å². The zero-order valence-corrected chi connectivity index (χ0v) is 6.00.